The average molecular weight is 316 g/mol. The van der Waals surface area contributed by atoms with Crippen LogP contribution < -0.4 is 29.6 Å². The molecule has 0 aromatic rings. The summed E-state index contributed by atoms with van der Waals surface area (Å²) in [6.07, 6.45) is 9.94. The van der Waals surface area contributed by atoms with Gasteiger partial charge in [-0.05, 0) is 25.7 Å². The molecule has 0 aromatic carbocycles. The Labute approximate surface area is 146 Å². The van der Waals surface area contributed by atoms with Crippen molar-refractivity contribution >= 4 is 10.1 Å². The summed E-state index contributed by atoms with van der Waals surface area (Å²) >= 11 is 0. The molecule has 0 saturated carbocycles. The summed E-state index contributed by atoms with van der Waals surface area (Å²) in [4.78, 5) is 0. The zero-order chi connectivity index (χ0) is 14.6. The zero-order valence-electron chi connectivity index (χ0n) is 13.1. The molecule has 1 N–H and O–H groups in total. The van der Waals surface area contributed by atoms with Gasteiger partial charge in [0.05, 0.1) is 10.1 Å². The summed E-state index contributed by atoms with van der Waals surface area (Å²) < 4.78 is 33.3. The van der Waals surface area contributed by atoms with Gasteiger partial charge in [0, 0.05) is 11.9 Å². The Morgan fingerprint density at radius 1 is 0.900 bits per heavy atom. The molecular weight excluding hydrogens is 287 g/mol. The number of unbranched alkanes of at least 4 members (excludes halogenated alkanes) is 7. The van der Waals surface area contributed by atoms with Crippen LogP contribution in [0.15, 0.2) is 0 Å². The first-order chi connectivity index (χ1) is 9.02. The molecule has 116 valence electrons. The van der Waals surface area contributed by atoms with E-state index < -0.39 is 15.4 Å². The predicted molar refractivity (Wildman–Crippen MR) is 77.0 cm³/mol. The molecule has 0 radical (unpaired) electrons. The molecule has 0 aliphatic carbocycles. The molecule has 20 heavy (non-hydrogen) atoms. The van der Waals surface area contributed by atoms with Gasteiger partial charge in [0.15, 0.2) is 0 Å². The van der Waals surface area contributed by atoms with Crippen LogP contribution in [0.25, 0.3) is 0 Å². The second-order valence-corrected chi connectivity index (χ2v) is 6.90. The Kier molecular flexibility index (Phi) is 17.1. The van der Waals surface area contributed by atoms with Crippen LogP contribution in [0, 0.1) is 0 Å². The van der Waals surface area contributed by atoms with Gasteiger partial charge >= 0.3 is 29.6 Å². The fourth-order valence-corrected chi connectivity index (χ4v) is 3.16. The number of aliphatic hydroxyl groups excluding tert-OH is 1. The fraction of sp³-hybridized carbons (Fsp3) is 1.00. The molecule has 0 rings (SSSR count). The van der Waals surface area contributed by atoms with E-state index in [4.69, 9.17) is 5.11 Å². The van der Waals surface area contributed by atoms with Gasteiger partial charge in [0.1, 0.15) is 0 Å². The molecule has 6 heteroatoms. The Hall–Kier alpha value is 0.870. The normalized spacial score (nSPS) is 12.9. The first-order valence-corrected chi connectivity index (χ1v) is 9.05. The van der Waals surface area contributed by atoms with Crippen LogP contribution in [-0.2, 0) is 10.1 Å². The standard InChI is InChI=1S/C14H30O4S.Na/c1-2-3-4-5-6-7-8-11-14(19(16,17)18)12-9-10-13-15;/h14-15H,2-13H2,1H3,(H,16,17,18);/q;+1/p-1. The van der Waals surface area contributed by atoms with E-state index in [9.17, 15) is 13.0 Å². The molecule has 0 bridgehead atoms. The van der Waals surface area contributed by atoms with E-state index in [0.29, 0.717) is 25.7 Å². The Morgan fingerprint density at radius 2 is 1.35 bits per heavy atom. The predicted octanol–water partition coefficient (Wildman–Crippen LogP) is 0.208. The minimum absolute atomic E-state index is 0. The number of aliphatic hydroxyl groups is 1. The van der Waals surface area contributed by atoms with E-state index >= 15 is 0 Å². The number of hydrogen-bond donors (Lipinski definition) is 1. The molecule has 0 fully saturated rings. The van der Waals surface area contributed by atoms with Crippen molar-refractivity contribution in [2.45, 2.75) is 82.8 Å². The molecule has 0 aliphatic rings. The van der Waals surface area contributed by atoms with Crippen molar-refractivity contribution in [1.29, 1.82) is 0 Å². The van der Waals surface area contributed by atoms with Crippen molar-refractivity contribution in [1.82, 2.24) is 0 Å². The van der Waals surface area contributed by atoms with Crippen LogP contribution in [0.4, 0.5) is 0 Å². The van der Waals surface area contributed by atoms with Crippen LogP contribution in [0.5, 0.6) is 0 Å². The summed E-state index contributed by atoms with van der Waals surface area (Å²) in [5.74, 6) is 0. The minimum atomic E-state index is -4.18. The third-order valence-electron chi connectivity index (χ3n) is 3.47. The molecule has 0 amide bonds. The molecule has 0 aliphatic heterocycles. The molecule has 4 nitrogen and oxygen atoms in total. The average Bonchev–Trinajstić information content (AvgIpc) is 2.34. The van der Waals surface area contributed by atoms with Gasteiger partial charge in [-0.25, -0.2) is 8.42 Å². The van der Waals surface area contributed by atoms with E-state index in [-0.39, 0.29) is 36.2 Å². The molecule has 1 unspecified atom stereocenters. The van der Waals surface area contributed by atoms with Crippen molar-refractivity contribution in [2.24, 2.45) is 0 Å². The maximum atomic E-state index is 11.1. The van der Waals surface area contributed by atoms with Gasteiger partial charge in [-0.1, -0.05) is 51.9 Å². The Balaban J connectivity index is 0. The van der Waals surface area contributed by atoms with Crippen LogP contribution >= 0.6 is 0 Å². The van der Waals surface area contributed by atoms with Crippen LogP contribution in [0.1, 0.15) is 77.6 Å². The summed E-state index contributed by atoms with van der Waals surface area (Å²) in [5.41, 5.74) is 0. The van der Waals surface area contributed by atoms with Gasteiger partial charge in [0.2, 0.25) is 0 Å². The van der Waals surface area contributed by atoms with E-state index in [1.807, 2.05) is 0 Å². The summed E-state index contributed by atoms with van der Waals surface area (Å²) in [5, 5.41) is 7.92. The molecule has 1 atom stereocenters. The van der Waals surface area contributed by atoms with Crippen molar-refractivity contribution in [3.63, 3.8) is 0 Å². The van der Waals surface area contributed by atoms with Gasteiger partial charge in [0.25, 0.3) is 0 Å². The summed E-state index contributed by atoms with van der Waals surface area (Å²) in [6, 6.07) is 0. The van der Waals surface area contributed by atoms with Gasteiger partial charge in [-0.3, -0.25) is 0 Å². The molecule has 0 aromatic heterocycles. The zero-order valence-corrected chi connectivity index (χ0v) is 16.0. The Morgan fingerprint density at radius 3 is 1.80 bits per heavy atom. The summed E-state index contributed by atoms with van der Waals surface area (Å²) in [7, 11) is -4.18. The number of hydrogen-bond acceptors (Lipinski definition) is 4. The van der Waals surface area contributed by atoms with Crippen LogP contribution in [-0.4, -0.2) is 29.9 Å². The second kappa shape index (κ2) is 14.8. The van der Waals surface area contributed by atoms with Gasteiger partial charge < -0.3 is 9.66 Å². The first kappa shape index (κ1) is 23.1. The van der Waals surface area contributed by atoms with Crippen LogP contribution in [0.2, 0.25) is 0 Å². The van der Waals surface area contributed by atoms with E-state index in [1.165, 1.54) is 25.7 Å². The topological polar surface area (TPSA) is 77.4 Å². The smallest absolute Gasteiger partial charge is 0.748 e. The van der Waals surface area contributed by atoms with E-state index in [2.05, 4.69) is 6.92 Å². The second-order valence-electron chi connectivity index (χ2n) is 5.24. The quantitative estimate of drug-likeness (QED) is 0.299. The largest absolute Gasteiger partial charge is 1.00 e. The first-order valence-electron chi connectivity index (χ1n) is 7.58. The van der Waals surface area contributed by atoms with Gasteiger partial charge in [-0.15, -0.1) is 0 Å². The molecule has 0 heterocycles. The van der Waals surface area contributed by atoms with Crippen molar-refractivity contribution in [3.05, 3.63) is 0 Å². The molecule has 0 saturated heterocycles. The van der Waals surface area contributed by atoms with Crippen molar-refractivity contribution in [2.75, 3.05) is 6.61 Å². The summed E-state index contributed by atoms with van der Waals surface area (Å²) in [6.45, 7) is 2.24. The fourth-order valence-electron chi connectivity index (χ4n) is 2.25. The monoisotopic (exact) mass is 316 g/mol. The minimum Gasteiger partial charge on any atom is -0.748 e. The third kappa shape index (κ3) is 13.8. The van der Waals surface area contributed by atoms with E-state index in [0.717, 1.165) is 19.3 Å². The molecular formula is C14H29NaO4S. The van der Waals surface area contributed by atoms with Crippen molar-refractivity contribution in [3.8, 4) is 0 Å². The molecule has 0 spiro atoms. The maximum Gasteiger partial charge on any atom is 1.00 e. The van der Waals surface area contributed by atoms with Gasteiger partial charge in [-0.2, -0.15) is 0 Å². The SMILES string of the molecule is CCCCCCCCCC(CCCCO)S(=O)(=O)[O-].[Na+]. The van der Waals surface area contributed by atoms with Crippen LogP contribution in [0.3, 0.4) is 0 Å². The number of rotatable bonds is 13. The van der Waals surface area contributed by atoms with E-state index in [1.54, 1.807) is 0 Å². The Bertz CT molecular complexity index is 294. The maximum absolute atomic E-state index is 11.1. The third-order valence-corrected chi connectivity index (χ3v) is 4.76. The van der Waals surface area contributed by atoms with Crippen molar-refractivity contribution < 1.29 is 47.6 Å².